The Hall–Kier alpha value is -2.51. The van der Waals surface area contributed by atoms with Crippen molar-refractivity contribution >= 4 is 10.9 Å². The largest absolute Gasteiger partial charge is 0.573 e. The third kappa shape index (κ3) is 3.78. The summed E-state index contributed by atoms with van der Waals surface area (Å²) in [5, 5.41) is 20.6. The zero-order valence-corrected chi connectivity index (χ0v) is 13.0. The topological polar surface area (TPSA) is 54.6 Å². The van der Waals surface area contributed by atoms with Gasteiger partial charge in [-0.05, 0) is 35.2 Å². The molecule has 0 spiro atoms. The number of alkyl halides is 3. The van der Waals surface area contributed by atoms with Gasteiger partial charge >= 0.3 is 6.36 Å². The number of hydrogen-bond donors (Lipinski definition) is 2. The summed E-state index contributed by atoms with van der Waals surface area (Å²) < 4.78 is 42.5. The zero-order chi connectivity index (χ0) is 18.0. The summed E-state index contributed by atoms with van der Waals surface area (Å²) in [6.07, 6.45) is -4.11. The fourth-order valence-corrected chi connectivity index (χ4v) is 2.88. The monoisotopic (exact) mass is 351 g/mol. The van der Waals surface area contributed by atoms with Crippen LogP contribution in [0.4, 0.5) is 13.2 Å². The van der Waals surface area contributed by atoms with Gasteiger partial charge in [-0.15, -0.1) is 13.2 Å². The first kappa shape index (κ1) is 17.3. The van der Waals surface area contributed by atoms with Crippen LogP contribution in [-0.2, 0) is 0 Å². The summed E-state index contributed by atoms with van der Waals surface area (Å²) in [6.45, 7) is -0.488. The molecule has 7 heteroatoms. The van der Waals surface area contributed by atoms with Crippen LogP contribution in [0.1, 0.15) is 11.6 Å². The highest BCUT2D eigenvalue weighted by atomic mass is 19.4. The molecule has 1 heterocycles. The SMILES string of the molecule is OCC(O)C(c1ccc(OC(F)(F)F)cc1)n1ccc2ccccc21. The number of aromatic nitrogens is 1. The molecule has 132 valence electrons. The van der Waals surface area contributed by atoms with Gasteiger partial charge in [-0.3, -0.25) is 0 Å². The molecule has 1 aromatic heterocycles. The van der Waals surface area contributed by atoms with Crippen molar-refractivity contribution in [2.45, 2.75) is 18.5 Å². The lowest BCUT2D eigenvalue weighted by Gasteiger charge is -2.25. The molecule has 0 aliphatic carbocycles. The van der Waals surface area contributed by atoms with E-state index in [2.05, 4.69) is 4.74 Å². The number of benzene rings is 2. The lowest BCUT2D eigenvalue weighted by Crippen LogP contribution is -2.28. The van der Waals surface area contributed by atoms with E-state index in [9.17, 15) is 23.4 Å². The Morgan fingerprint density at radius 2 is 1.68 bits per heavy atom. The van der Waals surface area contributed by atoms with Crippen LogP contribution in [0.2, 0.25) is 0 Å². The molecule has 2 atom stereocenters. The Kier molecular flexibility index (Phi) is 4.69. The highest BCUT2D eigenvalue weighted by molar-refractivity contribution is 5.80. The second kappa shape index (κ2) is 6.78. The number of aliphatic hydroxyl groups excluding tert-OH is 2. The Morgan fingerprint density at radius 3 is 2.32 bits per heavy atom. The lowest BCUT2D eigenvalue weighted by atomic mass is 10.0. The van der Waals surface area contributed by atoms with E-state index in [-0.39, 0.29) is 5.75 Å². The Labute approximate surface area is 141 Å². The quantitative estimate of drug-likeness (QED) is 0.740. The third-order valence-electron chi connectivity index (χ3n) is 3.94. The zero-order valence-electron chi connectivity index (χ0n) is 13.0. The highest BCUT2D eigenvalue weighted by Crippen LogP contribution is 2.30. The van der Waals surface area contributed by atoms with E-state index in [0.717, 1.165) is 10.9 Å². The molecule has 0 bridgehead atoms. The van der Waals surface area contributed by atoms with Gasteiger partial charge in [0.05, 0.1) is 12.6 Å². The molecule has 3 rings (SSSR count). The molecule has 0 radical (unpaired) electrons. The fourth-order valence-electron chi connectivity index (χ4n) is 2.88. The molecule has 0 saturated carbocycles. The van der Waals surface area contributed by atoms with Gasteiger partial charge in [0.1, 0.15) is 11.9 Å². The summed E-state index contributed by atoms with van der Waals surface area (Å²) in [5.41, 5.74) is 1.40. The molecular formula is C18H16F3NO3. The maximum Gasteiger partial charge on any atom is 0.573 e. The van der Waals surface area contributed by atoms with Crippen LogP contribution in [0.5, 0.6) is 5.75 Å². The van der Waals surface area contributed by atoms with Crippen LogP contribution < -0.4 is 4.74 Å². The van der Waals surface area contributed by atoms with Crippen LogP contribution in [0.25, 0.3) is 10.9 Å². The Morgan fingerprint density at radius 1 is 1.00 bits per heavy atom. The van der Waals surface area contributed by atoms with E-state index in [0.29, 0.717) is 5.56 Å². The van der Waals surface area contributed by atoms with Gasteiger partial charge in [-0.1, -0.05) is 30.3 Å². The van der Waals surface area contributed by atoms with E-state index in [4.69, 9.17) is 0 Å². The summed E-state index contributed by atoms with van der Waals surface area (Å²) in [7, 11) is 0. The van der Waals surface area contributed by atoms with E-state index >= 15 is 0 Å². The Bertz CT molecular complexity index is 843. The number of fused-ring (bicyclic) bond motifs is 1. The van der Waals surface area contributed by atoms with Crippen molar-refractivity contribution in [2.24, 2.45) is 0 Å². The number of nitrogens with zero attached hydrogens (tertiary/aromatic N) is 1. The highest BCUT2D eigenvalue weighted by Gasteiger charge is 2.31. The summed E-state index contributed by atoms with van der Waals surface area (Å²) in [5.74, 6) is -0.342. The smallest absolute Gasteiger partial charge is 0.406 e. The third-order valence-corrected chi connectivity index (χ3v) is 3.94. The second-order valence-corrected chi connectivity index (χ2v) is 5.59. The predicted octanol–water partition coefficient (Wildman–Crippen LogP) is 3.48. The molecule has 25 heavy (non-hydrogen) atoms. The molecule has 2 N–H and O–H groups in total. The summed E-state index contributed by atoms with van der Waals surface area (Å²) in [6, 6.07) is 14.0. The van der Waals surface area contributed by atoms with Crippen molar-refractivity contribution in [3.05, 3.63) is 66.4 Å². The van der Waals surface area contributed by atoms with Gasteiger partial charge in [-0.25, -0.2) is 0 Å². The minimum absolute atomic E-state index is 0.342. The molecule has 3 aromatic rings. The van der Waals surface area contributed by atoms with Crippen molar-refractivity contribution in [3.8, 4) is 5.75 Å². The maximum atomic E-state index is 12.3. The first-order valence-corrected chi connectivity index (χ1v) is 7.59. The molecule has 0 aliphatic rings. The maximum absolute atomic E-state index is 12.3. The number of hydrogen-bond acceptors (Lipinski definition) is 3. The fraction of sp³-hybridized carbons (Fsp3) is 0.222. The van der Waals surface area contributed by atoms with E-state index in [1.807, 2.05) is 30.3 Å². The van der Waals surface area contributed by atoms with Gasteiger partial charge in [0.25, 0.3) is 0 Å². The molecular weight excluding hydrogens is 335 g/mol. The molecule has 0 fully saturated rings. The minimum atomic E-state index is -4.76. The summed E-state index contributed by atoms with van der Waals surface area (Å²) >= 11 is 0. The van der Waals surface area contributed by atoms with E-state index in [1.165, 1.54) is 24.3 Å². The summed E-state index contributed by atoms with van der Waals surface area (Å²) in [4.78, 5) is 0. The van der Waals surface area contributed by atoms with E-state index < -0.39 is 25.1 Å². The molecule has 4 nitrogen and oxygen atoms in total. The van der Waals surface area contributed by atoms with E-state index in [1.54, 1.807) is 10.8 Å². The van der Waals surface area contributed by atoms with Gasteiger partial charge in [0.15, 0.2) is 0 Å². The van der Waals surface area contributed by atoms with Crippen LogP contribution >= 0.6 is 0 Å². The molecule has 0 saturated heterocycles. The lowest BCUT2D eigenvalue weighted by molar-refractivity contribution is -0.274. The molecule has 2 aromatic carbocycles. The normalized spacial score (nSPS) is 14.4. The van der Waals surface area contributed by atoms with Crippen molar-refractivity contribution in [1.29, 1.82) is 0 Å². The molecule has 0 amide bonds. The van der Waals surface area contributed by atoms with Crippen LogP contribution in [0.15, 0.2) is 60.8 Å². The van der Waals surface area contributed by atoms with Crippen molar-refractivity contribution in [1.82, 2.24) is 4.57 Å². The second-order valence-electron chi connectivity index (χ2n) is 5.59. The van der Waals surface area contributed by atoms with Crippen molar-refractivity contribution < 1.29 is 28.1 Å². The first-order chi connectivity index (χ1) is 11.9. The first-order valence-electron chi connectivity index (χ1n) is 7.59. The molecule has 2 unspecified atom stereocenters. The van der Waals surface area contributed by atoms with Gasteiger partial charge < -0.3 is 19.5 Å². The Balaban J connectivity index is 1.99. The molecule has 0 aliphatic heterocycles. The van der Waals surface area contributed by atoms with Crippen molar-refractivity contribution in [3.63, 3.8) is 0 Å². The van der Waals surface area contributed by atoms with Gasteiger partial charge in [0, 0.05) is 11.7 Å². The van der Waals surface area contributed by atoms with Gasteiger partial charge in [0.2, 0.25) is 0 Å². The van der Waals surface area contributed by atoms with Crippen LogP contribution in [0, 0.1) is 0 Å². The average Bonchev–Trinajstić information content (AvgIpc) is 2.99. The predicted molar refractivity (Wildman–Crippen MR) is 86.3 cm³/mol. The minimum Gasteiger partial charge on any atom is -0.406 e. The number of para-hydroxylation sites is 1. The number of ether oxygens (including phenoxy) is 1. The average molecular weight is 351 g/mol. The van der Waals surface area contributed by atoms with Crippen LogP contribution in [0.3, 0.4) is 0 Å². The number of rotatable bonds is 5. The number of halogens is 3. The standard InChI is InChI=1S/C18H16F3NO3/c19-18(20,21)25-14-7-5-13(6-8-14)17(16(24)11-23)22-10-9-12-3-1-2-4-15(12)22/h1-10,16-17,23-24H,11H2. The van der Waals surface area contributed by atoms with Crippen LogP contribution in [-0.4, -0.2) is 33.9 Å². The van der Waals surface area contributed by atoms with Crippen molar-refractivity contribution in [2.75, 3.05) is 6.61 Å². The number of aliphatic hydroxyl groups is 2. The van der Waals surface area contributed by atoms with Gasteiger partial charge in [-0.2, -0.15) is 0 Å².